The van der Waals surface area contributed by atoms with E-state index in [0.717, 1.165) is 148 Å². The number of hydrogen-bond donors (Lipinski definition) is 3. The number of carbonyl (C=O) groups is 4. The third-order valence-corrected chi connectivity index (χ3v) is 18.3. The summed E-state index contributed by atoms with van der Waals surface area (Å²) in [5, 5.41) is 10.6. The van der Waals surface area contributed by atoms with E-state index >= 15 is 0 Å². The molecule has 102 heavy (non-hydrogen) atoms. The van der Waals surface area contributed by atoms with Crippen LogP contribution in [0, 0.1) is 0 Å². The van der Waals surface area contributed by atoms with Gasteiger partial charge in [0.25, 0.3) is 0 Å². The summed E-state index contributed by atoms with van der Waals surface area (Å²) < 4.78 is 68.5. The Hall–Kier alpha value is -4.54. The minimum Gasteiger partial charge on any atom is -0.462 e. The van der Waals surface area contributed by atoms with Crippen molar-refractivity contribution in [1.82, 2.24) is 0 Å². The fourth-order valence-corrected chi connectivity index (χ4v) is 11.9. The molecule has 17 nitrogen and oxygen atoms in total. The predicted molar refractivity (Wildman–Crippen MR) is 418 cm³/mol. The molecule has 0 saturated heterocycles. The summed E-state index contributed by atoms with van der Waals surface area (Å²) in [5.74, 6) is -2.29. The zero-order valence-electron chi connectivity index (χ0n) is 64.0. The Morgan fingerprint density at radius 2 is 0.520 bits per heavy atom. The maximum Gasteiger partial charge on any atom is 0.472 e. The second-order valence-electron chi connectivity index (χ2n) is 26.3. The van der Waals surface area contributed by atoms with Crippen molar-refractivity contribution in [2.24, 2.45) is 0 Å². The van der Waals surface area contributed by atoms with E-state index in [2.05, 4.69) is 137 Å². The van der Waals surface area contributed by atoms with E-state index in [1.807, 2.05) is 12.2 Å². The Balaban J connectivity index is 5.45. The van der Waals surface area contributed by atoms with Gasteiger partial charge >= 0.3 is 39.5 Å². The van der Waals surface area contributed by atoms with Crippen molar-refractivity contribution in [2.75, 3.05) is 39.6 Å². The van der Waals surface area contributed by atoms with E-state index in [-0.39, 0.29) is 25.7 Å². The molecule has 0 aliphatic carbocycles. The van der Waals surface area contributed by atoms with E-state index in [4.69, 9.17) is 37.0 Å². The van der Waals surface area contributed by atoms with Gasteiger partial charge in [-0.15, -0.1) is 0 Å². The molecule has 0 aromatic carbocycles. The lowest BCUT2D eigenvalue weighted by atomic mass is 10.1. The van der Waals surface area contributed by atoms with Crippen LogP contribution in [0.15, 0.2) is 122 Å². The quantitative estimate of drug-likeness (QED) is 0.0128. The topological polar surface area (TPSA) is 237 Å². The number of hydrogen-bond acceptors (Lipinski definition) is 15. The van der Waals surface area contributed by atoms with E-state index < -0.39 is 97.5 Å². The first-order valence-corrected chi connectivity index (χ1v) is 42.8. The first-order valence-electron chi connectivity index (χ1n) is 39.8. The maximum atomic E-state index is 13.1. The van der Waals surface area contributed by atoms with Crippen LogP contribution in [0.1, 0.15) is 323 Å². The van der Waals surface area contributed by atoms with Crippen LogP contribution in [-0.4, -0.2) is 96.7 Å². The third-order valence-electron chi connectivity index (χ3n) is 16.4. The minimum absolute atomic E-state index is 0.0632. The molecule has 0 aliphatic heterocycles. The fraction of sp³-hybridized carbons (Fsp3) is 0.711. The Bertz CT molecular complexity index is 2410. The van der Waals surface area contributed by atoms with E-state index in [0.29, 0.717) is 32.1 Å². The molecule has 0 heterocycles. The number of ether oxygens (including phenoxy) is 4. The van der Waals surface area contributed by atoms with Gasteiger partial charge in [0.15, 0.2) is 12.2 Å². The Kier molecular flexibility index (Phi) is 71.4. The number of phosphoric acid groups is 2. The maximum absolute atomic E-state index is 13.1. The minimum atomic E-state index is -5.00. The lowest BCUT2D eigenvalue weighted by molar-refractivity contribution is -0.161. The van der Waals surface area contributed by atoms with Crippen LogP contribution in [0.4, 0.5) is 0 Å². The zero-order valence-corrected chi connectivity index (χ0v) is 65.8. The Morgan fingerprint density at radius 1 is 0.284 bits per heavy atom. The molecule has 0 aromatic rings. The Labute approximate surface area is 619 Å². The number of aliphatic hydroxyl groups excluding tert-OH is 1. The first kappa shape index (κ1) is 97.5. The molecule has 0 saturated carbocycles. The number of carbonyl (C=O) groups excluding carboxylic acids is 4. The van der Waals surface area contributed by atoms with Gasteiger partial charge in [0.2, 0.25) is 0 Å². The highest BCUT2D eigenvalue weighted by atomic mass is 31.2. The van der Waals surface area contributed by atoms with Crippen molar-refractivity contribution in [3.8, 4) is 0 Å². The van der Waals surface area contributed by atoms with Crippen LogP contribution < -0.4 is 0 Å². The van der Waals surface area contributed by atoms with Gasteiger partial charge in [-0.05, 0) is 148 Å². The van der Waals surface area contributed by atoms with Crippen LogP contribution in [0.5, 0.6) is 0 Å². The number of rotatable bonds is 74. The highest BCUT2D eigenvalue weighted by molar-refractivity contribution is 7.47. The van der Waals surface area contributed by atoms with E-state index in [1.54, 1.807) is 0 Å². The summed E-state index contributed by atoms with van der Waals surface area (Å²) in [7, 11) is -9.99. The summed E-state index contributed by atoms with van der Waals surface area (Å²) in [4.78, 5) is 73.0. The van der Waals surface area contributed by atoms with Gasteiger partial charge < -0.3 is 33.8 Å². The number of esters is 4. The van der Waals surface area contributed by atoms with Crippen LogP contribution in [-0.2, 0) is 65.4 Å². The molecule has 2 unspecified atom stereocenters. The number of phosphoric ester groups is 2. The van der Waals surface area contributed by atoms with Crippen LogP contribution in [0.25, 0.3) is 0 Å². The predicted octanol–water partition coefficient (Wildman–Crippen LogP) is 23.1. The second kappa shape index (κ2) is 74.7. The molecule has 0 aromatic heterocycles. The largest absolute Gasteiger partial charge is 0.472 e. The Morgan fingerprint density at radius 3 is 0.853 bits per heavy atom. The van der Waals surface area contributed by atoms with E-state index in [9.17, 15) is 43.2 Å². The summed E-state index contributed by atoms with van der Waals surface area (Å²) in [6.45, 7) is 4.68. The molecule has 0 amide bonds. The molecule has 3 N–H and O–H groups in total. The lowest BCUT2D eigenvalue weighted by Crippen LogP contribution is -2.30. The number of unbranched alkanes of at least 4 members (excludes halogenated alkanes) is 30. The fourth-order valence-electron chi connectivity index (χ4n) is 10.3. The first-order chi connectivity index (χ1) is 49.7. The van der Waals surface area contributed by atoms with Gasteiger partial charge in [0, 0.05) is 25.7 Å². The van der Waals surface area contributed by atoms with Crippen LogP contribution >= 0.6 is 15.6 Å². The molecular formula is C83H142O17P2. The molecule has 0 aliphatic rings. The van der Waals surface area contributed by atoms with Crippen molar-refractivity contribution in [3.05, 3.63) is 122 Å². The molecular weight excluding hydrogens is 1330 g/mol. The van der Waals surface area contributed by atoms with Crippen molar-refractivity contribution >= 4 is 39.5 Å². The molecule has 586 valence electrons. The molecule has 19 heteroatoms. The van der Waals surface area contributed by atoms with Gasteiger partial charge in [-0.1, -0.05) is 271 Å². The normalized spacial score (nSPS) is 14.5. The smallest absolute Gasteiger partial charge is 0.462 e. The summed E-state index contributed by atoms with van der Waals surface area (Å²) >= 11 is 0. The van der Waals surface area contributed by atoms with Gasteiger partial charge in [-0.3, -0.25) is 37.3 Å². The van der Waals surface area contributed by atoms with Crippen molar-refractivity contribution in [1.29, 1.82) is 0 Å². The van der Waals surface area contributed by atoms with Gasteiger partial charge in [-0.2, -0.15) is 0 Å². The standard InChI is InChI=1S/C83H142O17P2/c1-5-9-13-17-21-25-29-33-37-38-42-44-48-52-56-60-64-68-81(86)94-74-79(100-83(88)70-66-62-58-54-50-46-41-36-32-28-24-20-16-12-8-4)76-98-102(91,92)96-72-77(84)71-95-101(89,90)97-75-78(99-82(87)69-65-61-57-53-49-45-40-35-31-27-23-19-15-11-7-3)73-93-80(85)67-63-59-55-51-47-43-39-34-30-26-22-18-14-10-6-2/h21,23,25-28,30,32-37,39-42,44,52,56,77-79,84H,5-20,22,24,29,31,38,43,45-51,53-55,57-76H2,1-4H3,(H,89,90)(H,91,92)/b25-21-,27-23-,30-26-,32-28-,37-33-,39-34-,40-35-,41-36-,44-42-,56-52-/t77-,78+,79+/m0/s1. The summed E-state index contributed by atoms with van der Waals surface area (Å²) in [6, 6.07) is 0. The molecule has 0 rings (SSSR count). The zero-order chi connectivity index (χ0) is 74.6. The van der Waals surface area contributed by atoms with Gasteiger partial charge in [0.1, 0.15) is 19.3 Å². The molecule has 0 radical (unpaired) electrons. The highest BCUT2D eigenvalue weighted by Gasteiger charge is 2.30. The van der Waals surface area contributed by atoms with Gasteiger partial charge in [0.05, 0.1) is 26.4 Å². The van der Waals surface area contributed by atoms with Gasteiger partial charge in [-0.25, -0.2) is 9.13 Å². The van der Waals surface area contributed by atoms with Crippen molar-refractivity contribution < 1.29 is 80.2 Å². The average Bonchev–Trinajstić information content (AvgIpc) is 0.923. The molecule has 0 spiro atoms. The molecule has 5 atom stereocenters. The molecule has 0 fully saturated rings. The molecule has 0 bridgehead atoms. The third kappa shape index (κ3) is 73.8. The number of allylic oxidation sites excluding steroid dienone is 20. The average molecular weight is 1470 g/mol. The van der Waals surface area contributed by atoms with Crippen molar-refractivity contribution in [2.45, 2.75) is 341 Å². The van der Waals surface area contributed by atoms with Crippen molar-refractivity contribution in [3.63, 3.8) is 0 Å². The monoisotopic (exact) mass is 1470 g/mol. The van der Waals surface area contributed by atoms with E-state index in [1.165, 1.54) is 89.9 Å². The van der Waals surface area contributed by atoms with Crippen LogP contribution in [0.3, 0.4) is 0 Å². The summed E-state index contributed by atoms with van der Waals surface area (Å²) in [5.41, 5.74) is 0. The highest BCUT2D eigenvalue weighted by Crippen LogP contribution is 2.45. The van der Waals surface area contributed by atoms with Crippen LogP contribution in [0.2, 0.25) is 0 Å². The second-order valence-corrected chi connectivity index (χ2v) is 29.3. The number of aliphatic hydroxyl groups is 1. The lowest BCUT2D eigenvalue weighted by Gasteiger charge is -2.21. The SMILES string of the molecule is CCCCC/C=C\C/C=C\C/C=C\C/C=C\CCCC(=O)OC[C@H](COP(=O)(O)OC[C@@H](O)COP(=O)(O)OC[C@@H](COC(=O)CCCCCCC/C=C\C=C/CCCCCC)OC(=O)CCCCCCC/C=C\C/C=C\CCCCC)OC(=O)CCCCCCC/C=C\C=C/CCCCCC. The summed E-state index contributed by atoms with van der Waals surface area (Å²) in [6.07, 6.45) is 81.8.